The highest BCUT2D eigenvalue weighted by molar-refractivity contribution is 5.77. The number of urea groups is 1. The van der Waals surface area contributed by atoms with Crippen LogP contribution in [0.3, 0.4) is 0 Å². The summed E-state index contributed by atoms with van der Waals surface area (Å²) in [5.74, 6) is -1.97. The Kier molecular flexibility index (Phi) is 8.39. The highest BCUT2D eigenvalue weighted by atomic mass is 16.7. The number of hydrogen-bond acceptors (Lipinski definition) is 5. The maximum atomic E-state index is 13.0. The topological polar surface area (TPSA) is 88.5 Å². The van der Waals surface area contributed by atoms with Gasteiger partial charge in [0.25, 0.3) is 0 Å². The van der Waals surface area contributed by atoms with Gasteiger partial charge in [-0.1, -0.05) is 36.8 Å². The summed E-state index contributed by atoms with van der Waals surface area (Å²) < 4.78 is 16.3. The highest BCUT2D eigenvalue weighted by Crippen LogP contribution is 2.25. The van der Waals surface area contributed by atoms with Crippen LogP contribution in [0.25, 0.3) is 0 Å². The quantitative estimate of drug-likeness (QED) is 0.465. The Morgan fingerprint density at radius 1 is 1.12 bits per heavy atom. The highest BCUT2D eigenvalue weighted by Gasteiger charge is 2.37. The van der Waals surface area contributed by atoms with Crippen LogP contribution < -0.4 is 9.47 Å². The van der Waals surface area contributed by atoms with Crippen molar-refractivity contribution in [2.75, 3.05) is 26.8 Å². The van der Waals surface area contributed by atoms with Crippen molar-refractivity contribution in [1.82, 2.24) is 9.80 Å². The first-order valence-electron chi connectivity index (χ1n) is 11.6. The average Bonchev–Trinajstić information content (AvgIpc) is 3.11. The molecule has 1 aliphatic heterocycles. The number of hydrogen-bond donors (Lipinski definition) is 1. The van der Waals surface area contributed by atoms with E-state index >= 15 is 0 Å². The van der Waals surface area contributed by atoms with Gasteiger partial charge in [0.2, 0.25) is 0 Å². The summed E-state index contributed by atoms with van der Waals surface area (Å²) in [6, 6.07) is 15.2. The summed E-state index contributed by atoms with van der Waals surface area (Å²) in [5, 5.41) is 9.25. The third-order valence-electron chi connectivity index (χ3n) is 5.98. The lowest BCUT2D eigenvalue weighted by molar-refractivity contribution is -0.197. The number of carboxylic acids is 1. The molecule has 1 heterocycles. The molecule has 8 nitrogen and oxygen atoms in total. The minimum atomic E-state index is -1.76. The van der Waals surface area contributed by atoms with E-state index < -0.39 is 11.8 Å². The van der Waals surface area contributed by atoms with Crippen LogP contribution in [0.2, 0.25) is 0 Å². The van der Waals surface area contributed by atoms with Gasteiger partial charge in [0.1, 0.15) is 11.5 Å². The molecule has 0 aliphatic carbocycles. The van der Waals surface area contributed by atoms with Crippen molar-refractivity contribution in [3.8, 4) is 11.5 Å². The predicted molar refractivity (Wildman–Crippen MR) is 128 cm³/mol. The lowest BCUT2D eigenvalue weighted by Crippen LogP contribution is -2.43. The summed E-state index contributed by atoms with van der Waals surface area (Å²) in [6.45, 7) is 7.93. The van der Waals surface area contributed by atoms with Gasteiger partial charge in [-0.25, -0.2) is 9.59 Å². The zero-order valence-electron chi connectivity index (χ0n) is 20.3. The van der Waals surface area contributed by atoms with Gasteiger partial charge >= 0.3 is 17.8 Å². The Morgan fingerprint density at radius 3 is 2.35 bits per heavy atom. The van der Waals surface area contributed by atoms with Crippen LogP contribution in [0.5, 0.6) is 11.5 Å². The molecule has 2 unspecified atom stereocenters. The van der Waals surface area contributed by atoms with Crippen LogP contribution in [0.4, 0.5) is 4.79 Å². The lowest BCUT2D eigenvalue weighted by Gasteiger charge is -2.24. The molecule has 2 aromatic carbocycles. The zero-order valence-corrected chi connectivity index (χ0v) is 20.3. The van der Waals surface area contributed by atoms with Crippen molar-refractivity contribution >= 4 is 12.0 Å². The Hall–Kier alpha value is -3.26. The second kappa shape index (κ2) is 11.2. The minimum absolute atomic E-state index is 0.0774. The van der Waals surface area contributed by atoms with Crippen LogP contribution in [-0.2, 0) is 16.1 Å². The summed E-state index contributed by atoms with van der Waals surface area (Å²) in [5.41, 5.74) is 2.33. The fraction of sp³-hybridized carbons (Fsp3) is 0.462. The number of carbonyl (C=O) groups is 2. The molecule has 1 saturated heterocycles. The number of nitrogens with zero attached hydrogens (tertiary/aromatic N) is 2. The second-order valence-electron chi connectivity index (χ2n) is 8.66. The van der Waals surface area contributed by atoms with E-state index in [-0.39, 0.29) is 12.1 Å². The predicted octanol–water partition coefficient (Wildman–Crippen LogP) is 4.31. The molecule has 1 N–H and O–H groups in total. The largest absolute Gasteiger partial charge is 0.494 e. The zero-order chi connectivity index (χ0) is 24.7. The van der Waals surface area contributed by atoms with Crippen molar-refractivity contribution in [3.05, 3.63) is 59.7 Å². The molecule has 2 amide bonds. The molecular weight excluding hydrogens is 436 g/mol. The van der Waals surface area contributed by atoms with E-state index in [1.165, 1.54) is 19.6 Å². The van der Waals surface area contributed by atoms with Gasteiger partial charge in [-0.3, -0.25) is 0 Å². The van der Waals surface area contributed by atoms with Crippen molar-refractivity contribution < 1.29 is 28.9 Å². The lowest BCUT2D eigenvalue weighted by atomic mass is 10.1. The van der Waals surface area contributed by atoms with E-state index in [0.29, 0.717) is 31.2 Å². The van der Waals surface area contributed by atoms with Crippen molar-refractivity contribution in [2.45, 2.75) is 52.0 Å². The van der Waals surface area contributed by atoms with E-state index in [4.69, 9.17) is 14.2 Å². The molecule has 1 aliphatic rings. The van der Waals surface area contributed by atoms with E-state index in [0.717, 1.165) is 24.9 Å². The Labute approximate surface area is 201 Å². The van der Waals surface area contributed by atoms with Crippen LogP contribution in [0.1, 0.15) is 37.8 Å². The molecule has 8 heteroatoms. The molecule has 2 atom stereocenters. The first kappa shape index (κ1) is 25.4. The SMILES string of the molecule is CCCN1C(=O)N(Cc2ccc(C)cc2)CC1CCOc1ccc(OC(C)(OC)C(=O)O)cc1. The summed E-state index contributed by atoms with van der Waals surface area (Å²) in [6.07, 6.45) is 1.62. The van der Waals surface area contributed by atoms with Gasteiger partial charge in [-0.2, -0.15) is 0 Å². The molecular formula is C26H34N2O6. The number of aliphatic carboxylic acids is 1. The molecule has 0 spiro atoms. The molecule has 34 heavy (non-hydrogen) atoms. The van der Waals surface area contributed by atoms with E-state index in [2.05, 4.69) is 38.1 Å². The van der Waals surface area contributed by atoms with Gasteiger partial charge in [0.05, 0.1) is 12.6 Å². The molecule has 0 saturated carbocycles. The van der Waals surface area contributed by atoms with Gasteiger partial charge in [-0.15, -0.1) is 0 Å². The number of carbonyl (C=O) groups excluding carboxylic acids is 1. The Balaban J connectivity index is 1.54. The monoisotopic (exact) mass is 470 g/mol. The third-order valence-corrected chi connectivity index (χ3v) is 5.98. The average molecular weight is 471 g/mol. The fourth-order valence-corrected chi connectivity index (χ4v) is 3.90. The number of ether oxygens (including phenoxy) is 3. The number of benzene rings is 2. The van der Waals surface area contributed by atoms with Crippen molar-refractivity contribution in [1.29, 1.82) is 0 Å². The molecule has 3 rings (SSSR count). The fourth-order valence-electron chi connectivity index (χ4n) is 3.90. The molecule has 0 bridgehead atoms. The van der Waals surface area contributed by atoms with Crippen LogP contribution in [-0.4, -0.2) is 65.5 Å². The molecule has 2 aromatic rings. The summed E-state index contributed by atoms with van der Waals surface area (Å²) >= 11 is 0. The molecule has 184 valence electrons. The number of aryl methyl sites for hydroxylation is 1. The van der Waals surface area contributed by atoms with Crippen molar-refractivity contribution in [2.24, 2.45) is 0 Å². The number of carboxylic acid groups (broad SMARTS) is 1. The Morgan fingerprint density at radius 2 is 1.76 bits per heavy atom. The van der Waals surface area contributed by atoms with Crippen LogP contribution in [0.15, 0.2) is 48.5 Å². The molecule has 1 fully saturated rings. The third kappa shape index (κ3) is 6.20. The number of rotatable bonds is 12. The van der Waals surface area contributed by atoms with Gasteiger partial charge < -0.3 is 29.1 Å². The van der Waals surface area contributed by atoms with Gasteiger partial charge in [0, 0.05) is 40.1 Å². The van der Waals surface area contributed by atoms with Crippen molar-refractivity contribution in [3.63, 3.8) is 0 Å². The molecule has 0 radical (unpaired) electrons. The van der Waals surface area contributed by atoms with Crippen LogP contribution in [0, 0.1) is 6.92 Å². The maximum absolute atomic E-state index is 13.0. The normalized spacial score (nSPS) is 17.5. The maximum Gasteiger partial charge on any atom is 0.376 e. The first-order valence-corrected chi connectivity index (χ1v) is 11.6. The first-order chi connectivity index (χ1) is 16.3. The second-order valence-corrected chi connectivity index (χ2v) is 8.66. The smallest absolute Gasteiger partial charge is 0.376 e. The standard InChI is InChI=1S/C26H34N2O6/c1-5-15-28-21(18-27(25(28)31)17-20-8-6-19(2)7-9-20)14-16-33-22-10-12-23(13-11-22)34-26(3,32-4)24(29)30/h6-13,21H,5,14-18H2,1-4H3,(H,29,30). The summed E-state index contributed by atoms with van der Waals surface area (Å²) in [7, 11) is 1.28. The van der Waals surface area contributed by atoms with E-state index in [9.17, 15) is 14.7 Å². The Bertz CT molecular complexity index is 962. The van der Waals surface area contributed by atoms with E-state index in [1.54, 1.807) is 24.3 Å². The van der Waals surface area contributed by atoms with Gasteiger partial charge in [0.15, 0.2) is 0 Å². The summed E-state index contributed by atoms with van der Waals surface area (Å²) in [4.78, 5) is 28.2. The van der Waals surface area contributed by atoms with Gasteiger partial charge in [-0.05, 0) is 43.2 Å². The number of amides is 2. The minimum Gasteiger partial charge on any atom is -0.494 e. The number of methoxy groups -OCH3 is 1. The molecule has 0 aromatic heterocycles. The van der Waals surface area contributed by atoms with Crippen LogP contribution >= 0.6 is 0 Å². The van der Waals surface area contributed by atoms with E-state index in [1.807, 2.05) is 9.80 Å².